The van der Waals surface area contributed by atoms with Crippen LogP contribution in [0.25, 0.3) is 0 Å². The molecule has 2 N–H and O–H groups in total. The predicted molar refractivity (Wildman–Crippen MR) is 102 cm³/mol. The number of ether oxygens (including phenoxy) is 1. The summed E-state index contributed by atoms with van der Waals surface area (Å²) < 4.78 is 6.05. The quantitative estimate of drug-likeness (QED) is 0.742. The van der Waals surface area contributed by atoms with E-state index in [1.165, 1.54) is 0 Å². The van der Waals surface area contributed by atoms with Crippen LogP contribution in [0.2, 0.25) is 0 Å². The Kier molecular flexibility index (Phi) is 7.01. The van der Waals surface area contributed by atoms with Crippen LogP contribution in [0.15, 0.2) is 46.9 Å². The van der Waals surface area contributed by atoms with Crippen molar-refractivity contribution in [2.24, 2.45) is 0 Å². The first-order chi connectivity index (χ1) is 12.0. The van der Waals surface area contributed by atoms with E-state index < -0.39 is 0 Å². The largest absolute Gasteiger partial charge is 0.497 e. The van der Waals surface area contributed by atoms with Crippen molar-refractivity contribution in [2.45, 2.75) is 19.8 Å². The van der Waals surface area contributed by atoms with Crippen LogP contribution >= 0.6 is 15.9 Å². The topological polar surface area (TPSA) is 67.4 Å². The highest BCUT2D eigenvalue weighted by atomic mass is 79.9. The van der Waals surface area contributed by atoms with E-state index in [0.717, 1.165) is 27.0 Å². The third-order valence-corrected chi connectivity index (χ3v) is 4.20. The van der Waals surface area contributed by atoms with Crippen molar-refractivity contribution in [2.75, 3.05) is 19.0 Å². The highest BCUT2D eigenvalue weighted by Gasteiger charge is 2.08. The second-order valence-corrected chi connectivity index (χ2v) is 6.55. The number of anilines is 1. The van der Waals surface area contributed by atoms with Crippen molar-refractivity contribution in [1.29, 1.82) is 0 Å². The summed E-state index contributed by atoms with van der Waals surface area (Å²) in [7, 11) is 1.61. The predicted octanol–water partition coefficient (Wildman–Crippen LogP) is 3.45. The summed E-state index contributed by atoms with van der Waals surface area (Å²) in [4.78, 5) is 23.8. The van der Waals surface area contributed by atoms with Gasteiger partial charge in [-0.2, -0.15) is 0 Å². The first kappa shape index (κ1) is 19.0. The van der Waals surface area contributed by atoms with E-state index in [1.807, 2.05) is 49.4 Å². The van der Waals surface area contributed by atoms with E-state index in [2.05, 4.69) is 26.6 Å². The maximum Gasteiger partial charge on any atom is 0.243 e. The van der Waals surface area contributed by atoms with Crippen LogP contribution in [0, 0.1) is 6.92 Å². The van der Waals surface area contributed by atoms with Crippen LogP contribution in [0.1, 0.15) is 17.5 Å². The molecule has 0 aliphatic carbocycles. The van der Waals surface area contributed by atoms with Crippen molar-refractivity contribution in [3.8, 4) is 5.75 Å². The first-order valence-corrected chi connectivity index (χ1v) is 8.73. The molecular formula is C19H21BrN2O3. The highest BCUT2D eigenvalue weighted by molar-refractivity contribution is 9.10. The van der Waals surface area contributed by atoms with E-state index in [-0.39, 0.29) is 18.4 Å². The zero-order valence-electron chi connectivity index (χ0n) is 14.3. The summed E-state index contributed by atoms with van der Waals surface area (Å²) in [5.74, 6) is 0.384. The van der Waals surface area contributed by atoms with Gasteiger partial charge in [0.05, 0.1) is 13.7 Å². The number of carbonyl (C=O) groups excluding carboxylic acids is 2. The van der Waals surface area contributed by atoms with E-state index in [4.69, 9.17) is 4.74 Å². The molecule has 132 valence electrons. The number of rotatable bonds is 7. The molecule has 0 unspecified atom stereocenters. The fourth-order valence-electron chi connectivity index (χ4n) is 2.28. The summed E-state index contributed by atoms with van der Waals surface area (Å²) in [5, 5.41) is 5.43. The number of carbonyl (C=O) groups is 2. The SMILES string of the molecule is COc1ccc(CCC(=O)NCC(=O)Nc2ccc(Br)cc2C)cc1. The lowest BCUT2D eigenvalue weighted by Crippen LogP contribution is -2.33. The van der Waals surface area contributed by atoms with Gasteiger partial charge in [-0.05, 0) is 54.8 Å². The normalized spacial score (nSPS) is 10.2. The molecule has 6 heteroatoms. The molecule has 0 fully saturated rings. The van der Waals surface area contributed by atoms with Crippen LogP contribution in [-0.2, 0) is 16.0 Å². The van der Waals surface area contributed by atoms with Crippen molar-refractivity contribution < 1.29 is 14.3 Å². The van der Waals surface area contributed by atoms with Crippen molar-refractivity contribution in [3.05, 3.63) is 58.1 Å². The lowest BCUT2D eigenvalue weighted by atomic mass is 10.1. The minimum absolute atomic E-state index is 0.0447. The zero-order valence-corrected chi connectivity index (χ0v) is 15.9. The highest BCUT2D eigenvalue weighted by Crippen LogP contribution is 2.19. The Morgan fingerprint density at radius 3 is 2.44 bits per heavy atom. The third-order valence-electron chi connectivity index (χ3n) is 3.71. The molecule has 5 nitrogen and oxygen atoms in total. The van der Waals surface area contributed by atoms with Crippen LogP contribution in [0.5, 0.6) is 5.75 Å². The number of nitrogens with one attached hydrogen (secondary N) is 2. The Labute approximate surface area is 155 Å². The fraction of sp³-hybridized carbons (Fsp3) is 0.263. The van der Waals surface area contributed by atoms with Gasteiger partial charge in [-0.15, -0.1) is 0 Å². The van der Waals surface area contributed by atoms with Gasteiger partial charge >= 0.3 is 0 Å². The molecule has 2 rings (SSSR count). The molecule has 2 aromatic carbocycles. The number of halogens is 1. The molecule has 2 amide bonds. The van der Waals surface area contributed by atoms with Gasteiger partial charge < -0.3 is 15.4 Å². The van der Waals surface area contributed by atoms with Crippen LogP contribution < -0.4 is 15.4 Å². The molecule has 0 saturated heterocycles. The Morgan fingerprint density at radius 1 is 1.08 bits per heavy atom. The number of amides is 2. The maximum absolute atomic E-state index is 11.9. The smallest absolute Gasteiger partial charge is 0.243 e. The Hall–Kier alpha value is -2.34. The van der Waals surface area contributed by atoms with Gasteiger partial charge in [0.1, 0.15) is 5.75 Å². The first-order valence-electron chi connectivity index (χ1n) is 7.93. The molecule has 0 spiro atoms. The van der Waals surface area contributed by atoms with Gasteiger partial charge in [-0.1, -0.05) is 28.1 Å². The van der Waals surface area contributed by atoms with Gasteiger partial charge in [0.2, 0.25) is 11.8 Å². The number of hydrogen-bond acceptors (Lipinski definition) is 3. The maximum atomic E-state index is 11.9. The number of benzene rings is 2. The van der Waals surface area contributed by atoms with Gasteiger partial charge in [-0.25, -0.2) is 0 Å². The number of aryl methyl sites for hydroxylation is 2. The number of hydrogen-bond donors (Lipinski definition) is 2. The average Bonchev–Trinajstić information content (AvgIpc) is 2.61. The molecule has 0 aliphatic heterocycles. The zero-order chi connectivity index (χ0) is 18.2. The van der Waals surface area contributed by atoms with Crippen molar-refractivity contribution >= 4 is 33.4 Å². The Balaban J connectivity index is 1.74. The Bertz CT molecular complexity index is 745. The standard InChI is InChI=1S/C19H21BrN2O3/c1-13-11-15(20)6-9-17(13)22-19(24)12-21-18(23)10-5-14-3-7-16(25-2)8-4-14/h3-4,6-9,11H,5,10,12H2,1-2H3,(H,21,23)(H,22,24). The van der Waals surface area contributed by atoms with Gasteiger partial charge in [0, 0.05) is 16.6 Å². The second kappa shape index (κ2) is 9.22. The summed E-state index contributed by atoms with van der Waals surface area (Å²) in [5.41, 5.74) is 2.74. The monoisotopic (exact) mass is 404 g/mol. The summed E-state index contributed by atoms with van der Waals surface area (Å²) >= 11 is 3.38. The van der Waals surface area contributed by atoms with Crippen LogP contribution in [-0.4, -0.2) is 25.5 Å². The fourth-order valence-corrected chi connectivity index (χ4v) is 2.75. The van der Waals surface area contributed by atoms with Gasteiger partial charge in [-0.3, -0.25) is 9.59 Å². The molecule has 25 heavy (non-hydrogen) atoms. The number of methoxy groups -OCH3 is 1. The van der Waals surface area contributed by atoms with Gasteiger partial charge in [0.15, 0.2) is 0 Å². The molecule has 0 heterocycles. The minimum atomic E-state index is -0.247. The van der Waals surface area contributed by atoms with Crippen LogP contribution in [0.4, 0.5) is 5.69 Å². The van der Waals surface area contributed by atoms with Crippen molar-refractivity contribution in [1.82, 2.24) is 5.32 Å². The second-order valence-electron chi connectivity index (χ2n) is 5.63. The molecule has 0 aliphatic rings. The third kappa shape index (κ3) is 6.23. The molecule has 0 radical (unpaired) electrons. The minimum Gasteiger partial charge on any atom is -0.497 e. The van der Waals surface area contributed by atoms with E-state index in [0.29, 0.717) is 12.8 Å². The van der Waals surface area contributed by atoms with E-state index >= 15 is 0 Å². The summed E-state index contributed by atoms with van der Waals surface area (Å²) in [6, 6.07) is 13.2. The molecule has 0 atom stereocenters. The van der Waals surface area contributed by atoms with Crippen molar-refractivity contribution in [3.63, 3.8) is 0 Å². The molecular weight excluding hydrogens is 384 g/mol. The van der Waals surface area contributed by atoms with Gasteiger partial charge in [0.25, 0.3) is 0 Å². The van der Waals surface area contributed by atoms with E-state index in [9.17, 15) is 9.59 Å². The van der Waals surface area contributed by atoms with Crippen LogP contribution in [0.3, 0.4) is 0 Å². The van der Waals surface area contributed by atoms with E-state index in [1.54, 1.807) is 7.11 Å². The lowest BCUT2D eigenvalue weighted by molar-refractivity contribution is -0.124. The molecule has 0 saturated carbocycles. The summed E-state index contributed by atoms with van der Waals surface area (Å²) in [6.07, 6.45) is 0.945. The lowest BCUT2D eigenvalue weighted by Gasteiger charge is -2.10. The average molecular weight is 405 g/mol. The Morgan fingerprint density at radius 2 is 1.80 bits per heavy atom. The molecule has 0 aromatic heterocycles. The summed E-state index contributed by atoms with van der Waals surface area (Å²) in [6.45, 7) is 1.87. The molecule has 0 bridgehead atoms. The molecule has 2 aromatic rings.